The fourth-order valence-corrected chi connectivity index (χ4v) is 7.02. The van der Waals surface area contributed by atoms with Crippen molar-refractivity contribution in [2.75, 3.05) is 6.61 Å². The van der Waals surface area contributed by atoms with Crippen LogP contribution in [0.15, 0.2) is 11.6 Å². The quantitative estimate of drug-likeness (QED) is 0.573. The number of hydrogen-bond donors (Lipinski definition) is 2. The van der Waals surface area contributed by atoms with Crippen LogP contribution in [0.4, 0.5) is 0 Å². The molecule has 0 spiro atoms. The SMILES string of the molecule is CC12CCC3C(CC=C4CC(O)CCC43COS(=O)(=O)O)C1CCC2=O. The Hall–Kier alpha value is -0.760. The van der Waals surface area contributed by atoms with Gasteiger partial charge < -0.3 is 5.11 Å². The molecule has 4 aliphatic carbocycles. The van der Waals surface area contributed by atoms with Gasteiger partial charge in [0.15, 0.2) is 0 Å². The second kappa shape index (κ2) is 6.12. The number of hydrogen-bond acceptors (Lipinski definition) is 5. The third kappa shape index (κ3) is 2.79. The first-order valence-electron chi connectivity index (χ1n) is 9.68. The van der Waals surface area contributed by atoms with Crippen LogP contribution >= 0.6 is 0 Å². The molecule has 146 valence electrons. The minimum absolute atomic E-state index is 0.0665. The van der Waals surface area contributed by atoms with E-state index in [0.717, 1.165) is 31.3 Å². The highest BCUT2D eigenvalue weighted by atomic mass is 32.3. The van der Waals surface area contributed by atoms with Crippen LogP contribution in [0.5, 0.6) is 0 Å². The van der Waals surface area contributed by atoms with Crippen LogP contribution in [-0.4, -0.2) is 36.6 Å². The van der Waals surface area contributed by atoms with Crippen molar-refractivity contribution in [1.82, 2.24) is 0 Å². The lowest BCUT2D eigenvalue weighted by Crippen LogP contribution is -2.53. The van der Waals surface area contributed by atoms with Crippen molar-refractivity contribution in [3.63, 3.8) is 0 Å². The van der Waals surface area contributed by atoms with E-state index in [4.69, 9.17) is 8.74 Å². The second-order valence-electron chi connectivity index (χ2n) is 9.00. The van der Waals surface area contributed by atoms with Crippen molar-refractivity contribution < 1.29 is 27.1 Å². The lowest BCUT2D eigenvalue weighted by atomic mass is 9.47. The molecule has 0 heterocycles. The number of ketones is 1. The lowest BCUT2D eigenvalue weighted by Gasteiger charge is -2.57. The van der Waals surface area contributed by atoms with Gasteiger partial charge in [-0.15, -0.1) is 0 Å². The van der Waals surface area contributed by atoms with Crippen molar-refractivity contribution in [2.45, 2.75) is 64.4 Å². The van der Waals surface area contributed by atoms with E-state index >= 15 is 0 Å². The van der Waals surface area contributed by atoms with Crippen LogP contribution in [0.2, 0.25) is 0 Å². The summed E-state index contributed by atoms with van der Waals surface area (Å²) in [5.74, 6) is 1.28. The molecule has 7 heteroatoms. The number of carbonyl (C=O) groups is 1. The maximum absolute atomic E-state index is 12.5. The van der Waals surface area contributed by atoms with Gasteiger partial charge in [0.05, 0.1) is 12.7 Å². The number of fused-ring (bicyclic) bond motifs is 5. The zero-order valence-corrected chi connectivity index (χ0v) is 16.0. The molecule has 6 nitrogen and oxygen atoms in total. The minimum atomic E-state index is -4.51. The molecule has 6 atom stereocenters. The Bertz CT molecular complexity index is 743. The number of aliphatic hydroxyl groups excluding tert-OH is 1. The van der Waals surface area contributed by atoms with E-state index < -0.39 is 21.9 Å². The normalized spacial score (nSPS) is 45.5. The molecular formula is C19H28O6S. The van der Waals surface area contributed by atoms with Gasteiger partial charge in [-0.3, -0.25) is 9.35 Å². The van der Waals surface area contributed by atoms with Gasteiger partial charge in [-0.1, -0.05) is 18.6 Å². The second-order valence-corrected chi connectivity index (χ2v) is 10.1. The lowest BCUT2D eigenvalue weighted by molar-refractivity contribution is -0.132. The molecule has 0 aromatic rings. The monoisotopic (exact) mass is 384 g/mol. The van der Waals surface area contributed by atoms with Crippen molar-refractivity contribution in [3.05, 3.63) is 11.6 Å². The van der Waals surface area contributed by atoms with Crippen LogP contribution in [-0.2, 0) is 19.4 Å². The first-order valence-corrected chi connectivity index (χ1v) is 11.0. The zero-order valence-electron chi connectivity index (χ0n) is 15.2. The van der Waals surface area contributed by atoms with Crippen molar-refractivity contribution in [2.24, 2.45) is 28.6 Å². The molecule has 0 aromatic heterocycles. The topological polar surface area (TPSA) is 101 Å². The van der Waals surface area contributed by atoms with E-state index in [2.05, 4.69) is 13.0 Å². The van der Waals surface area contributed by atoms with Crippen molar-refractivity contribution in [3.8, 4) is 0 Å². The van der Waals surface area contributed by atoms with Gasteiger partial charge >= 0.3 is 10.4 Å². The smallest absolute Gasteiger partial charge is 0.393 e. The molecular weight excluding hydrogens is 356 g/mol. The third-order valence-electron chi connectivity index (χ3n) is 7.98. The summed E-state index contributed by atoms with van der Waals surface area (Å²) in [6.07, 6.45) is 7.71. The van der Waals surface area contributed by atoms with E-state index in [0.29, 0.717) is 43.3 Å². The largest absolute Gasteiger partial charge is 0.397 e. The third-order valence-corrected chi connectivity index (χ3v) is 8.39. The summed E-state index contributed by atoms with van der Waals surface area (Å²) >= 11 is 0. The summed E-state index contributed by atoms with van der Waals surface area (Å²) in [5, 5.41) is 10.1. The molecule has 26 heavy (non-hydrogen) atoms. The molecule has 0 radical (unpaired) electrons. The number of Topliss-reactive ketones (excluding diaryl/α,β-unsaturated/α-hetero) is 1. The molecule has 0 amide bonds. The molecule has 0 aromatic carbocycles. The summed E-state index contributed by atoms with van der Waals surface area (Å²) in [7, 11) is -4.51. The van der Waals surface area contributed by atoms with E-state index in [1.54, 1.807) is 0 Å². The van der Waals surface area contributed by atoms with E-state index in [-0.39, 0.29) is 17.9 Å². The average Bonchev–Trinajstić information content (AvgIpc) is 2.88. The first-order chi connectivity index (χ1) is 12.2. The molecule has 4 aliphatic rings. The molecule has 0 bridgehead atoms. The Kier molecular flexibility index (Phi) is 4.38. The predicted octanol–water partition coefficient (Wildman–Crippen LogP) is 2.68. The maximum Gasteiger partial charge on any atom is 0.397 e. The van der Waals surface area contributed by atoms with Crippen LogP contribution in [0.25, 0.3) is 0 Å². The summed E-state index contributed by atoms with van der Waals surface area (Å²) in [6, 6.07) is 0. The number of allylic oxidation sites excluding steroid dienone is 1. The van der Waals surface area contributed by atoms with E-state index in [1.807, 2.05) is 0 Å². The average molecular weight is 384 g/mol. The van der Waals surface area contributed by atoms with Gasteiger partial charge in [0.1, 0.15) is 5.78 Å². The molecule has 4 rings (SSSR count). The Morgan fingerprint density at radius 3 is 2.73 bits per heavy atom. The highest BCUT2D eigenvalue weighted by Crippen LogP contribution is 2.64. The standard InChI is InChI=1S/C19H28O6S/c1-18-8-7-16-14(15(18)4-5-17(18)21)3-2-12-10-13(20)6-9-19(12,16)11-25-26(22,23)24/h2,13-16,20H,3-11H2,1H3,(H,22,23,24). The fraction of sp³-hybridized carbons (Fsp3) is 0.842. The van der Waals surface area contributed by atoms with Gasteiger partial charge in [0.2, 0.25) is 0 Å². The Labute approximate surface area is 155 Å². The molecule has 0 aliphatic heterocycles. The van der Waals surface area contributed by atoms with Crippen LogP contribution < -0.4 is 0 Å². The summed E-state index contributed by atoms with van der Waals surface area (Å²) < 4.78 is 36.6. The van der Waals surface area contributed by atoms with Crippen molar-refractivity contribution >= 4 is 16.2 Å². The number of carbonyl (C=O) groups excluding carboxylic acids is 1. The predicted molar refractivity (Wildman–Crippen MR) is 94.5 cm³/mol. The van der Waals surface area contributed by atoms with Crippen LogP contribution in [0.3, 0.4) is 0 Å². The molecule has 0 saturated heterocycles. The zero-order chi connectivity index (χ0) is 18.7. The summed E-state index contributed by atoms with van der Waals surface area (Å²) in [4.78, 5) is 12.5. The molecule has 2 N–H and O–H groups in total. The first kappa shape index (κ1) is 18.6. The van der Waals surface area contributed by atoms with Gasteiger partial charge in [-0.2, -0.15) is 8.42 Å². The number of aliphatic hydroxyl groups is 1. The number of rotatable bonds is 3. The summed E-state index contributed by atoms with van der Waals surface area (Å²) in [5.41, 5.74) is 0.380. The van der Waals surface area contributed by atoms with Crippen LogP contribution in [0.1, 0.15) is 58.3 Å². The Morgan fingerprint density at radius 1 is 1.23 bits per heavy atom. The minimum Gasteiger partial charge on any atom is -0.393 e. The van der Waals surface area contributed by atoms with Gasteiger partial charge in [-0.05, 0) is 62.7 Å². The molecule has 3 fully saturated rings. The fourth-order valence-electron chi connectivity index (χ4n) is 6.66. The Balaban J connectivity index is 1.71. The van der Waals surface area contributed by atoms with E-state index in [9.17, 15) is 18.3 Å². The van der Waals surface area contributed by atoms with Gasteiger partial charge in [-0.25, -0.2) is 4.18 Å². The highest BCUT2D eigenvalue weighted by molar-refractivity contribution is 7.80. The molecule has 6 unspecified atom stereocenters. The Morgan fingerprint density at radius 2 is 2.00 bits per heavy atom. The maximum atomic E-state index is 12.5. The van der Waals surface area contributed by atoms with E-state index in [1.165, 1.54) is 0 Å². The summed E-state index contributed by atoms with van der Waals surface area (Å²) in [6.45, 7) is 2.04. The molecule has 3 saturated carbocycles. The van der Waals surface area contributed by atoms with Gasteiger partial charge in [0.25, 0.3) is 0 Å². The highest BCUT2D eigenvalue weighted by Gasteiger charge is 2.60. The van der Waals surface area contributed by atoms with Crippen LogP contribution in [0, 0.1) is 28.6 Å². The van der Waals surface area contributed by atoms with Gasteiger partial charge in [0, 0.05) is 17.3 Å². The van der Waals surface area contributed by atoms with Crippen molar-refractivity contribution in [1.29, 1.82) is 0 Å².